The van der Waals surface area contributed by atoms with Gasteiger partial charge in [-0.15, -0.1) is 6.58 Å². The van der Waals surface area contributed by atoms with Gasteiger partial charge in [0.1, 0.15) is 0 Å². The van der Waals surface area contributed by atoms with Crippen LogP contribution in [0.25, 0.3) is 0 Å². The second kappa shape index (κ2) is 9.57. The fourth-order valence-electron chi connectivity index (χ4n) is 4.39. The summed E-state index contributed by atoms with van der Waals surface area (Å²) in [6.45, 7) is 6.11. The first-order chi connectivity index (χ1) is 13.1. The van der Waals surface area contributed by atoms with Gasteiger partial charge in [0.15, 0.2) is 11.5 Å². The number of hydrogen-bond acceptors (Lipinski definition) is 2. The van der Waals surface area contributed by atoms with Crippen LogP contribution in [0.3, 0.4) is 0 Å². The smallest absolute Gasteiger partial charge is 0.204 e. The molecule has 1 aromatic rings. The topological polar surface area (TPSA) is 18.5 Å². The summed E-state index contributed by atoms with van der Waals surface area (Å²) in [5.41, 5.74) is 0.708. The third kappa shape index (κ3) is 5.24. The minimum absolute atomic E-state index is 0.0255. The Balaban J connectivity index is 1.43. The lowest BCUT2D eigenvalue weighted by atomic mass is 9.78. The zero-order valence-corrected chi connectivity index (χ0v) is 16.4. The van der Waals surface area contributed by atoms with Crippen LogP contribution in [0.4, 0.5) is 8.78 Å². The van der Waals surface area contributed by atoms with Crippen LogP contribution in [0, 0.1) is 23.5 Å². The molecule has 1 unspecified atom stereocenters. The van der Waals surface area contributed by atoms with Gasteiger partial charge in [-0.2, -0.15) is 8.78 Å². The van der Waals surface area contributed by atoms with E-state index in [1.54, 1.807) is 6.07 Å². The van der Waals surface area contributed by atoms with Crippen LogP contribution in [0.5, 0.6) is 11.5 Å². The van der Waals surface area contributed by atoms with Crippen LogP contribution in [0.2, 0.25) is 0 Å². The van der Waals surface area contributed by atoms with Crippen LogP contribution in [-0.2, 0) is 6.42 Å². The average Bonchev–Trinajstić information content (AvgIpc) is 2.68. The molecule has 2 aliphatic rings. The third-order valence-corrected chi connectivity index (χ3v) is 6.10. The van der Waals surface area contributed by atoms with E-state index in [0.717, 1.165) is 37.5 Å². The number of allylic oxidation sites excluding steroid dienone is 1. The van der Waals surface area contributed by atoms with Gasteiger partial charge in [-0.25, -0.2) is 0 Å². The Hall–Kier alpha value is -1.58. The predicted molar refractivity (Wildman–Crippen MR) is 104 cm³/mol. The molecule has 0 radical (unpaired) electrons. The van der Waals surface area contributed by atoms with Gasteiger partial charge in [0.05, 0.1) is 12.7 Å². The van der Waals surface area contributed by atoms with Crippen molar-refractivity contribution < 1.29 is 18.3 Å². The highest BCUT2D eigenvalue weighted by Crippen LogP contribution is 2.37. The molecule has 1 saturated carbocycles. The maximum atomic E-state index is 14.3. The molecule has 1 aromatic carbocycles. The molecule has 0 spiro atoms. The Morgan fingerprint density at radius 3 is 2.52 bits per heavy atom. The average molecular weight is 379 g/mol. The number of rotatable bonds is 8. The molecule has 0 bridgehead atoms. The van der Waals surface area contributed by atoms with E-state index >= 15 is 0 Å². The molecule has 1 heterocycles. The Morgan fingerprint density at radius 1 is 1.11 bits per heavy atom. The Labute approximate surface area is 161 Å². The van der Waals surface area contributed by atoms with Crippen molar-refractivity contribution in [2.45, 2.75) is 77.2 Å². The van der Waals surface area contributed by atoms with E-state index in [1.165, 1.54) is 32.1 Å². The normalized spacial score (nSPS) is 24.8. The van der Waals surface area contributed by atoms with Gasteiger partial charge in [-0.3, -0.25) is 0 Å². The van der Waals surface area contributed by atoms with Crippen molar-refractivity contribution >= 4 is 0 Å². The van der Waals surface area contributed by atoms with E-state index in [4.69, 9.17) is 9.47 Å². The Bertz CT molecular complexity index is 636. The van der Waals surface area contributed by atoms with Crippen LogP contribution in [-0.4, -0.2) is 12.7 Å². The first kappa shape index (κ1) is 20.2. The highest BCUT2D eigenvalue weighted by Gasteiger charge is 2.26. The van der Waals surface area contributed by atoms with E-state index in [1.807, 2.05) is 13.0 Å². The largest absolute Gasteiger partial charge is 0.490 e. The minimum Gasteiger partial charge on any atom is -0.490 e. The number of ether oxygens (including phenoxy) is 2. The van der Waals surface area contributed by atoms with Crippen molar-refractivity contribution in [2.24, 2.45) is 11.8 Å². The fourth-order valence-corrected chi connectivity index (χ4v) is 4.39. The lowest BCUT2D eigenvalue weighted by Crippen LogP contribution is -2.20. The van der Waals surface area contributed by atoms with E-state index in [0.29, 0.717) is 18.6 Å². The summed E-state index contributed by atoms with van der Waals surface area (Å²) < 4.78 is 39.6. The van der Waals surface area contributed by atoms with Gasteiger partial charge in [-0.1, -0.05) is 31.8 Å². The van der Waals surface area contributed by atoms with Gasteiger partial charge in [0, 0.05) is 5.56 Å². The van der Waals surface area contributed by atoms with Crippen LogP contribution >= 0.6 is 0 Å². The van der Waals surface area contributed by atoms with Crippen molar-refractivity contribution in [3.8, 4) is 11.5 Å². The van der Waals surface area contributed by atoms with Gasteiger partial charge in [0.25, 0.3) is 0 Å². The molecular formula is C23H32F2O2. The van der Waals surface area contributed by atoms with Gasteiger partial charge >= 0.3 is 0 Å². The molecule has 0 N–H and O–H groups in total. The molecule has 1 aliphatic heterocycles. The second-order valence-electron chi connectivity index (χ2n) is 8.20. The zero-order valence-electron chi connectivity index (χ0n) is 16.4. The molecule has 3 rings (SSSR count). The Kier molecular flexibility index (Phi) is 7.14. The van der Waals surface area contributed by atoms with Crippen molar-refractivity contribution in [3.63, 3.8) is 0 Å². The molecule has 0 aromatic heterocycles. The SMILES string of the molecule is C=CCCC1CCC(CCCOc2cc3c(c(F)c2F)OC(C)CC3)CC1. The van der Waals surface area contributed by atoms with Crippen molar-refractivity contribution in [1.29, 1.82) is 0 Å². The quantitative estimate of drug-likeness (QED) is 0.374. The molecular weight excluding hydrogens is 346 g/mol. The van der Waals surface area contributed by atoms with E-state index in [2.05, 4.69) is 6.58 Å². The number of halogens is 2. The third-order valence-electron chi connectivity index (χ3n) is 6.10. The van der Waals surface area contributed by atoms with Gasteiger partial charge < -0.3 is 9.47 Å². The summed E-state index contributed by atoms with van der Waals surface area (Å²) in [6.07, 6.45) is 13.0. The Morgan fingerprint density at radius 2 is 1.81 bits per heavy atom. The number of hydrogen-bond donors (Lipinski definition) is 0. The summed E-state index contributed by atoms with van der Waals surface area (Å²) in [7, 11) is 0. The van der Waals surface area contributed by atoms with E-state index in [9.17, 15) is 8.78 Å². The fraction of sp³-hybridized carbons (Fsp3) is 0.652. The summed E-state index contributed by atoms with van der Waals surface area (Å²) in [5, 5.41) is 0. The van der Waals surface area contributed by atoms with Gasteiger partial charge in [-0.05, 0) is 63.4 Å². The number of aryl methyl sites for hydroxylation is 1. The first-order valence-electron chi connectivity index (χ1n) is 10.5. The first-order valence-corrected chi connectivity index (χ1v) is 10.5. The van der Waals surface area contributed by atoms with Gasteiger partial charge in [0.2, 0.25) is 11.6 Å². The second-order valence-corrected chi connectivity index (χ2v) is 8.20. The van der Waals surface area contributed by atoms with E-state index in [-0.39, 0.29) is 17.6 Å². The van der Waals surface area contributed by atoms with Crippen molar-refractivity contribution in [3.05, 3.63) is 35.9 Å². The molecule has 4 heteroatoms. The molecule has 0 saturated heterocycles. The summed E-state index contributed by atoms with van der Waals surface area (Å²) >= 11 is 0. The lowest BCUT2D eigenvalue weighted by Gasteiger charge is -2.28. The maximum Gasteiger partial charge on any atom is 0.204 e. The summed E-state index contributed by atoms with van der Waals surface area (Å²) in [4.78, 5) is 0. The van der Waals surface area contributed by atoms with Crippen molar-refractivity contribution in [2.75, 3.05) is 6.61 Å². The van der Waals surface area contributed by atoms with Crippen LogP contribution in [0.1, 0.15) is 70.3 Å². The molecule has 0 amide bonds. The summed E-state index contributed by atoms with van der Waals surface area (Å²) in [6, 6.07) is 1.62. The number of fused-ring (bicyclic) bond motifs is 1. The molecule has 1 atom stereocenters. The van der Waals surface area contributed by atoms with Crippen molar-refractivity contribution in [1.82, 2.24) is 0 Å². The molecule has 1 fully saturated rings. The molecule has 2 nitrogen and oxygen atoms in total. The highest BCUT2D eigenvalue weighted by molar-refractivity contribution is 5.44. The zero-order chi connectivity index (χ0) is 19.2. The highest BCUT2D eigenvalue weighted by atomic mass is 19.2. The molecule has 27 heavy (non-hydrogen) atoms. The van der Waals surface area contributed by atoms with Crippen LogP contribution < -0.4 is 9.47 Å². The van der Waals surface area contributed by atoms with E-state index < -0.39 is 11.6 Å². The molecule has 150 valence electrons. The summed E-state index contributed by atoms with van der Waals surface area (Å²) in [5.74, 6) is -0.150. The number of benzene rings is 1. The minimum atomic E-state index is -0.925. The molecule has 1 aliphatic carbocycles. The van der Waals surface area contributed by atoms with Crippen LogP contribution in [0.15, 0.2) is 18.7 Å². The standard InChI is InChI=1S/C23H32F2O2/c1-3-4-6-17-9-11-18(12-10-17)7-5-14-26-20-15-19-13-8-16(2)27-23(19)22(25)21(20)24/h3,15-18H,1,4-14H2,2H3. The lowest BCUT2D eigenvalue weighted by molar-refractivity contribution is 0.178. The monoisotopic (exact) mass is 378 g/mol. The predicted octanol–water partition coefficient (Wildman–Crippen LogP) is 6.61. The maximum absolute atomic E-state index is 14.3.